The summed E-state index contributed by atoms with van der Waals surface area (Å²) in [4.78, 5) is 24.0. The number of carbonyl (C=O) groups excluding carboxylic acids is 1. The van der Waals surface area contributed by atoms with Gasteiger partial charge in [-0.1, -0.05) is 18.2 Å². The van der Waals surface area contributed by atoms with Crippen molar-refractivity contribution >= 4 is 17.6 Å². The van der Waals surface area contributed by atoms with E-state index in [1.54, 1.807) is 0 Å². The van der Waals surface area contributed by atoms with Gasteiger partial charge in [0.1, 0.15) is 0 Å². The zero-order chi connectivity index (χ0) is 14.4. The third kappa shape index (κ3) is 4.26. The lowest BCUT2D eigenvalue weighted by Crippen LogP contribution is -2.39. The number of carboxylic acids is 1. The normalized spacial score (nSPS) is 17.8. The van der Waals surface area contributed by atoms with Crippen molar-refractivity contribution in [2.24, 2.45) is 0 Å². The van der Waals surface area contributed by atoms with Gasteiger partial charge in [-0.3, -0.25) is 9.59 Å². The number of hydrogen-bond acceptors (Lipinski definition) is 3. The molecule has 1 atom stereocenters. The van der Waals surface area contributed by atoms with E-state index in [2.05, 4.69) is 10.2 Å². The predicted molar refractivity (Wildman–Crippen MR) is 76.7 cm³/mol. The molecule has 1 unspecified atom stereocenters. The van der Waals surface area contributed by atoms with E-state index in [9.17, 15) is 9.59 Å². The van der Waals surface area contributed by atoms with Crippen molar-refractivity contribution in [2.45, 2.75) is 31.7 Å². The third-order valence-electron chi connectivity index (χ3n) is 3.47. The number of carbonyl (C=O) groups is 2. The summed E-state index contributed by atoms with van der Waals surface area (Å²) >= 11 is 0. The van der Waals surface area contributed by atoms with Crippen LogP contribution in [0.4, 0.5) is 5.69 Å². The highest BCUT2D eigenvalue weighted by Gasteiger charge is 2.23. The monoisotopic (exact) mass is 276 g/mol. The first-order valence-electron chi connectivity index (χ1n) is 6.96. The number of nitrogens with one attached hydrogen (secondary N) is 1. The maximum Gasteiger partial charge on any atom is 0.303 e. The predicted octanol–water partition coefficient (Wildman–Crippen LogP) is 1.64. The van der Waals surface area contributed by atoms with Crippen LogP contribution in [0.1, 0.15) is 25.7 Å². The van der Waals surface area contributed by atoms with E-state index in [-0.39, 0.29) is 18.4 Å². The fourth-order valence-corrected chi connectivity index (χ4v) is 2.47. The first-order chi connectivity index (χ1) is 9.65. The minimum atomic E-state index is -0.771. The SMILES string of the molecule is O=C(O)CCCN(CC1CCC(=O)N1)c1ccccc1. The molecular weight excluding hydrogens is 256 g/mol. The molecule has 0 bridgehead atoms. The van der Waals surface area contributed by atoms with Crippen molar-refractivity contribution in [3.05, 3.63) is 30.3 Å². The number of aliphatic carboxylic acids is 1. The number of rotatable bonds is 7. The van der Waals surface area contributed by atoms with Gasteiger partial charge in [0.05, 0.1) is 0 Å². The summed E-state index contributed by atoms with van der Waals surface area (Å²) in [5.74, 6) is -0.666. The quantitative estimate of drug-likeness (QED) is 0.794. The first-order valence-corrected chi connectivity index (χ1v) is 6.96. The summed E-state index contributed by atoms with van der Waals surface area (Å²) in [6.07, 6.45) is 2.20. The van der Waals surface area contributed by atoms with Crippen molar-refractivity contribution in [3.63, 3.8) is 0 Å². The highest BCUT2D eigenvalue weighted by molar-refractivity contribution is 5.78. The molecule has 0 aliphatic carbocycles. The van der Waals surface area contributed by atoms with Gasteiger partial charge < -0.3 is 15.3 Å². The molecule has 1 heterocycles. The second kappa shape index (κ2) is 6.93. The Morgan fingerprint density at radius 3 is 2.70 bits per heavy atom. The summed E-state index contributed by atoms with van der Waals surface area (Å²) in [7, 11) is 0. The number of hydrogen-bond donors (Lipinski definition) is 2. The van der Waals surface area contributed by atoms with E-state index in [1.165, 1.54) is 0 Å². The molecule has 2 rings (SSSR count). The summed E-state index contributed by atoms with van der Waals surface area (Å²) < 4.78 is 0. The Balaban J connectivity index is 1.96. The van der Waals surface area contributed by atoms with E-state index in [1.807, 2.05) is 30.3 Å². The molecule has 1 aliphatic heterocycles. The first kappa shape index (κ1) is 14.4. The molecule has 0 radical (unpaired) electrons. The van der Waals surface area contributed by atoms with Crippen LogP contribution in [0, 0.1) is 0 Å². The summed E-state index contributed by atoms with van der Waals surface area (Å²) in [6, 6.07) is 10.1. The molecule has 0 saturated carbocycles. The van der Waals surface area contributed by atoms with Gasteiger partial charge in [-0.05, 0) is 25.0 Å². The van der Waals surface area contributed by atoms with Gasteiger partial charge >= 0.3 is 5.97 Å². The Kier molecular flexibility index (Phi) is 4.98. The Hall–Kier alpha value is -2.04. The minimum Gasteiger partial charge on any atom is -0.481 e. The van der Waals surface area contributed by atoms with Crippen molar-refractivity contribution < 1.29 is 14.7 Å². The maximum atomic E-state index is 11.3. The standard InChI is InChI=1S/C15H20N2O3/c18-14-9-8-12(16-14)11-17(10-4-7-15(19)20)13-5-2-1-3-6-13/h1-3,5-6,12H,4,7-11H2,(H,16,18)(H,19,20). The fourth-order valence-electron chi connectivity index (χ4n) is 2.47. The molecule has 108 valence electrons. The Labute approximate surface area is 118 Å². The highest BCUT2D eigenvalue weighted by atomic mass is 16.4. The van der Waals surface area contributed by atoms with Gasteiger partial charge in [-0.15, -0.1) is 0 Å². The molecule has 1 aromatic rings. The van der Waals surface area contributed by atoms with Crippen LogP contribution in [-0.2, 0) is 9.59 Å². The van der Waals surface area contributed by atoms with E-state index in [0.29, 0.717) is 19.4 Å². The van der Waals surface area contributed by atoms with Crippen LogP contribution in [0.2, 0.25) is 0 Å². The summed E-state index contributed by atoms with van der Waals surface area (Å²) in [5.41, 5.74) is 1.07. The molecule has 0 spiro atoms. The molecule has 2 N–H and O–H groups in total. The van der Waals surface area contributed by atoms with Gasteiger partial charge in [0.2, 0.25) is 5.91 Å². The van der Waals surface area contributed by atoms with Crippen molar-refractivity contribution in [3.8, 4) is 0 Å². The minimum absolute atomic E-state index is 0.105. The molecule has 0 aromatic heterocycles. The van der Waals surface area contributed by atoms with Gasteiger partial charge in [-0.25, -0.2) is 0 Å². The van der Waals surface area contributed by atoms with E-state index < -0.39 is 5.97 Å². The van der Waals surface area contributed by atoms with Crippen LogP contribution in [0.3, 0.4) is 0 Å². The van der Waals surface area contributed by atoms with Crippen molar-refractivity contribution in [1.82, 2.24) is 5.32 Å². The lowest BCUT2D eigenvalue weighted by molar-refractivity contribution is -0.137. The maximum absolute atomic E-state index is 11.3. The third-order valence-corrected chi connectivity index (χ3v) is 3.47. The van der Waals surface area contributed by atoms with Gasteiger partial charge in [0.25, 0.3) is 0 Å². The molecule has 5 nitrogen and oxygen atoms in total. The second-order valence-electron chi connectivity index (χ2n) is 5.08. The van der Waals surface area contributed by atoms with Crippen molar-refractivity contribution in [1.29, 1.82) is 0 Å². The largest absolute Gasteiger partial charge is 0.481 e. The molecule has 1 fully saturated rings. The van der Waals surface area contributed by atoms with E-state index in [4.69, 9.17) is 5.11 Å². The van der Waals surface area contributed by atoms with Crippen LogP contribution in [0.5, 0.6) is 0 Å². The molecular formula is C15H20N2O3. The zero-order valence-electron chi connectivity index (χ0n) is 11.4. The number of para-hydroxylation sites is 1. The average Bonchev–Trinajstić information content (AvgIpc) is 2.84. The fraction of sp³-hybridized carbons (Fsp3) is 0.467. The molecule has 5 heteroatoms. The van der Waals surface area contributed by atoms with Crippen LogP contribution in [0.15, 0.2) is 30.3 Å². The number of amides is 1. The Morgan fingerprint density at radius 1 is 1.35 bits per heavy atom. The Bertz CT molecular complexity index is 461. The molecule has 1 aromatic carbocycles. The topological polar surface area (TPSA) is 69.6 Å². The number of anilines is 1. The van der Waals surface area contributed by atoms with E-state index in [0.717, 1.165) is 18.7 Å². The molecule has 20 heavy (non-hydrogen) atoms. The smallest absolute Gasteiger partial charge is 0.303 e. The highest BCUT2D eigenvalue weighted by Crippen LogP contribution is 2.17. The van der Waals surface area contributed by atoms with Gasteiger partial charge in [-0.2, -0.15) is 0 Å². The number of nitrogens with zero attached hydrogens (tertiary/aromatic N) is 1. The second-order valence-corrected chi connectivity index (χ2v) is 5.08. The lowest BCUT2D eigenvalue weighted by atomic mass is 10.1. The van der Waals surface area contributed by atoms with Crippen LogP contribution in [0.25, 0.3) is 0 Å². The Morgan fingerprint density at radius 2 is 2.10 bits per heavy atom. The van der Waals surface area contributed by atoms with Gasteiger partial charge in [0.15, 0.2) is 0 Å². The molecule has 1 amide bonds. The van der Waals surface area contributed by atoms with Crippen LogP contribution >= 0.6 is 0 Å². The number of carboxylic acid groups (broad SMARTS) is 1. The number of benzene rings is 1. The van der Waals surface area contributed by atoms with E-state index >= 15 is 0 Å². The lowest BCUT2D eigenvalue weighted by Gasteiger charge is -2.27. The van der Waals surface area contributed by atoms with Crippen LogP contribution < -0.4 is 10.2 Å². The molecule has 1 aliphatic rings. The van der Waals surface area contributed by atoms with Gasteiger partial charge in [0, 0.05) is 37.7 Å². The average molecular weight is 276 g/mol. The molecule has 1 saturated heterocycles. The van der Waals surface area contributed by atoms with Crippen molar-refractivity contribution in [2.75, 3.05) is 18.0 Å². The summed E-state index contributed by atoms with van der Waals surface area (Å²) in [5, 5.41) is 11.7. The van der Waals surface area contributed by atoms with Crippen LogP contribution in [-0.4, -0.2) is 36.1 Å². The summed E-state index contributed by atoms with van der Waals surface area (Å²) in [6.45, 7) is 1.41. The zero-order valence-corrected chi connectivity index (χ0v) is 11.4.